The van der Waals surface area contributed by atoms with Gasteiger partial charge in [0.15, 0.2) is 0 Å². The number of ether oxygens (including phenoxy) is 1. The fraction of sp³-hybridized carbons (Fsp3) is 0.444. The summed E-state index contributed by atoms with van der Waals surface area (Å²) in [6.45, 7) is 2.84. The molecule has 0 saturated heterocycles. The maximum atomic E-state index is 5.49. The molecule has 0 aromatic carbocycles. The van der Waals surface area contributed by atoms with E-state index in [1.54, 1.807) is 0 Å². The lowest BCUT2D eigenvalue weighted by molar-refractivity contribution is 0.284. The highest BCUT2D eigenvalue weighted by atomic mass is 16.5. The van der Waals surface area contributed by atoms with Crippen LogP contribution < -0.4 is 4.74 Å². The molecule has 1 aromatic heterocycles. The quantitative estimate of drug-likeness (QED) is 0.560. The first kappa shape index (κ1) is 6.65. The van der Waals surface area contributed by atoms with Crippen LogP contribution in [0.2, 0.25) is 0 Å². The second-order valence-corrected chi connectivity index (χ2v) is 2.84. The second-order valence-electron chi connectivity index (χ2n) is 2.84. The molecule has 0 aliphatic carbocycles. The molecule has 0 unspecified atom stereocenters. The highest BCUT2D eigenvalue weighted by Gasteiger charge is 2.11. The Morgan fingerprint density at radius 2 is 2.45 bits per heavy atom. The Morgan fingerprint density at radius 1 is 1.55 bits per heavy atom. The third-order valence-corrected chi connectivity index (χ3v) is 2.00. The van der Waals surface area contributed by atoms with E-state index < -0.39 is 0 Å². The minimum atomic E-state index is 0.847. The van der Waals surface area contributed by atoms with Crippen molar-refractivity contribution < 1.29 is 4.74 Å². The number of pyridine rings is 1. The van der Waals surface area contributed by atoms with Gasteiger partial charge in [0, 0.05) is 6.20 Å². The smallest absolute Gasteiger partial charge is 0.143 e. The fourth-order valence-electron chi connectivity index (χ4n) is 1.44. The number of rotatable bonds is 0. The van der Waals surface area contributed by atoms with Crippen LogP contribution in [0.5, 0.6) is 5.75 Å². The predicted molar refractivity (Wildman–Crippen MR) is 42.8 cm³/mol. The monoisotopic (exact) mass is 149 g/mol. The molecule has 2 rings (SSSR count). The molecule has 0 spiro atoms. The molecular weight excluding hydrogens is 138 g/mol. The fourth-order valence-corrected chi connectivity index (χ4v) is 1.44. The molecule has 0 atom stereocenters. The zero-order valence-corrected chi connectivity index (χ0v) is 6.63. The molecule has 2 nitrogen and oxygen atoms in total. The minimum absolute atomic E-state index is 0.847. The molecular formula is C9H11NO. The third-order valence-electron chi connectivity index (χ3n) is 2.00. The molecule has 0 amide bonds. The van der Waals surface area contributed by atoms with Crippen LogP contribution in [0.15, 0.2) is 12.3 Å². The number of fused-ring (bicyclic) bond motifs is 1. The Hall–Kier alpha value is -1.05. The van der Waals surface area contributed by atoms with Gasteiger partial charge >= 0.3 is 0 Å². The lowest BCUT2D eigenvalue weighted by Crippen LogP contribution is -2.09. The molecule has 11 heavy (non-hydrogen) atoms. The zero-order valence-electron chi connectivity index (χ0n) is 6.63. The number of hydrogen-bond donors (Lipinski definition) is 0. The first-order valence-corrected chi connectivity index (χ1v) is 3.95. The van der Waals surface area contributed by atoms with Gasteiger partial charge < -0.3 is 4.74 Å². The Labute approximate surface area is 66.2 Å². The maximum absolute atomic E-state index is 5.49. The summed E-state index contributed by atoms with van der Waals surface area (Å²) in [7, 11) is 0. The molecule has 1 aromatic rings. The maximum Gasteiger partial charge on any atom is 0.143 e. The molecule has 1 aliphatic heterocycles. The molecule has 0 radical (unpaired) electrons. The van der Waals surface area contributed by atoms with Gasteiger partial charge in [0.05, 0.1) is 12.3 Å². The Morgan fingerprint density at radius 3 is 3.27 bits per heavy atom. The van der Waals surface area contributed by atoms with Gasteiger partial charge in [0.1, 0.15) is 5.75 Å². The highest BCUT2D eigenvalue weighted by molar-refractivity contribution is 5.37. The van der Waals surface area contributed by atoms with Gasteiger partial charge in [0.25, 0.3) is 0 Å². The number of nitrogens with zero attached hydrogens (tertiary/aromatic N) is 1. The van der Waals surface area contributed by atoms with Crippen molar-refractivity contribution in [2.45, 2.75) is 19.8 Å². The standard InChI is InChI=1S/C9H11NO/c1-7-9-8(4-5-10-7)3-2-6-11-9/h4-5H,2-3,6H2,1H3. The topological polar surface area (TPSA) is 22.1 Å². The Balaban J connectivity index is 2.49. The van der Waals surface area contributed by atoms with Crippen LogP contribution in [-0.4, -0.2) is 11.6 Å². The highest BCUT2D eigenvalue weighted by Crippen LogP contribution is 2.26. The molecule has 2 heteroatoms. The zero-order chi connectivity index (χ0) is 7.68. The molecule has 0 N–H and O–H groups in total. The summed E-state index contributed by atoms with van der Waals surface area (Å²) in [6, 6.07) is 2.04. The van der Waals surface area contributed by atoms with Crippen LogP contribution in [0, 0.1) is 6.92 Å². The van der Waals surface area contributed by atoms with Crippen molar-refractivity contribution in [3.63, 3.8) is 0 Å². The van der Waals surface area contributed by atoms with E-state index in [1.807, 2.05) is 19.2 Å². The van der Waals surface area contributed by atoms with Crippen LogP contribution in [0.1, 0.15) is 17.7 Å². The molecule has 0 bridgehead atoms. The van der Waals surface area contributed by atoms with E-state index in [9.17, 15) is 0 Å². The van der Waals surface area contributed by atoms with Crippen molar-refractivity contribution in [1.82, 2.24) is 4.98 Å². The molecule has 0 saturated carbocycles. The summed E-state index contributed by atoms with van der Waals surface area (Å²) in [4.78, 5) is 4.17. The summed E-state index contributed by atoms with van der Waals surface area (Å²) in [5.41, 5.74) is 2.32. The SMILES string of the molecule is Cc1nccc2c1OCCC2. The van der Waals surface area contributed by atoms with Crippen LogP contribution in [0.25, 0.3) is 0 Å². The predicted octanol–water partition coefficient (Wildman–Crippen LogP) is 1.72. The summed E-state index contributed by atoms with van der Waals surface area (Å²) in [5, 5.41) is 0. The van der Waals surface area contributed by atoms with E-state index in [1.165, 1.54) is 5.56 Å². The first-order chi connectivity index (χ1) is 5.38. The van der Waals surface area contributed by atoms with Gasteiger partial charge in [-0.15, -0.1) is 0 Å². The van der Waals surface area contributed by atoms with Crippen molar-refractivity contribution >= 4 is 0 Å². The summed E-state index contributed by atoms with van der Waals surface area (Å²) >= 11 is 0. The summed E-state index contributed by atoms with van der Waals surface area (Å²) in [6.07, 6.45) is 4.12. The average Bonchev–Trinajstić information content (AvgIpc) is 2.06. The lowest BCUT2D eigenvalue weighted by atomic mass is 10.1. The van der Waals surface area contributed by atoms with Crippen LogP contribution in [0.4, 0.5) is 0 Å². The third kappa shape index (κ3) is 1.09. The van der Waals surface area contributed by atoms with Gasteiger partial charge in [-0.25, -0.2) is 0 Å². The normalized spacial score (nSPS) is 15.4. The van der Waals surface area contributed by atoms with Gasteiger partial charge in [-0.3, -0.25) is 4.98 Å². The van der Waals surface area contributed by atoms with Crippen molar-refractivity contribution in [3.05, 3.63) is 23.5 Å². The largest absolute Gasteiger partial charge is 0.491 e. The van der Waals surface area contributed by atoms with Gasteiger partial charge in [-0.05, 0) is 31.4 Å². The van der Waals surface area contributed by atoms with E-state index >= 15 is 0 Å². The second kappa shape index (κ2) is 2.53. The number of aryl methyl sites for hydroxylation is 2. The van der Waals surface area contributed by atoms with Gasteiger partial charge in [0.2, 0.25) is 0 Å². The van der Waals surface area contributed by atoms with E-state index in [2.05, 4.69) is 4.98 Å². The lowest BCUT2D eigenvalue weighted by Gasteiger charge is -2.17. The van der Waals surface area contributed by atoms with Crippen LogP contribution in [-0.2, 0) is 6.42 Å². The number of hydrogen-bond acceptors (Lipinski definition) is 2. The van der Waals surface area contributed by atoms with Crippen molar-refractivity contribution in [2.75, 3.05) is 6.61 Å². The van der Waals surface area contributed by atoms with Crippen molar-refractivity contribution in [1.29, 1.82) is 0 Å². The first-order valence-electron chi connectivity index (χ1n) is 3.95. The average molecular weight is 149 g/mol. The Bertz CT molecular complexity index is 270. The molecule has 2 heterocycles. The molecule has 0 fully saturated rings. The van der Waals surface area contributed by atoms with E-state index in [0.717, 1.165) is 30.9 Å². The van der Waals surface area contributed by atoms with Crippen molar-refractivity contribution in [2.24, 2.45) is 0 Å². The van der Waals surface area contributed by atoms with Crippen LogP contribution in [0.3, 0.4) is 0 Å². The van der Waals surface area contributed by atoms with E-state index in [-0.39, 0.29) is 0 Å². The van der Waals surface area contributed by atoms with Crippen LogP contribution >= 0.6 is 0 Å². The Kier molecular flexibility index (Phi) is 1.53. The minimum Gasteiger partial charge on any atom is -0.491 e. The summed E-state index contributed by atoms with van der Waals surface area (Å²) in [5.74, 6) is 1.01. The van der Waals surface area contributed by atoms with Gasteiger partial charge in [-0.1, -0.05) is 0 Å². The van der Waals surface area contributed by atoms with Crippen molar-refractivity contribution in [3.8, 4) is 5.75 Å². The van der Waals surface area contributed by atoms with Gasteiger partial charge in [-0.2, -0.15) is 0 Å². The summed E-state index contributed by atoms with van der Waals surface area (Å²) < 4.78 is 5.49. The number of aromatic nitrogens is 1. The molecule has 1 aliphatic rings. The molecule has 58 valence electrons. The van der Waals surface area contributed by atoms with E-state index in [0.29, 0.717) is 0 Å². The van der Waals surface area contributed by atoms with E-state index in [4.69, 9.17) is 4.74 Å².